The largest absolute Gasteiger partial charge is 0.481 e. The van der Waals surface area contributed by atoms with Gasteiger partial charge in [-0.3, -0.25) is 9.59 Å². The van der Waals surface area contributed by atoms with Gasteiger partial charge in [-0.15, -0.1) is 0 Å². The van der Waals surface area contributed by atoms with E-state index in [1.54, 1.807) is 13.0 Å². The van der Waals surface area contributed by atoms with Crippen LogP contribution >= 0.6 is 0 Å². The fourth-order valence-corrected chi connectivity index (χ4v) is 1.64. The third-order valence-electron chi connectivity index (χ3n) is 2.83. The van der Waals surface area contributed by atoms with Crippen LogP contribution < -0.4 is 11.1 Å². The Morgan fingerprint density at radius 1 is 1.30 bits per heavy atom. The number of carboxylic acids is 2. The van der Waals surface area contributed by atoms with E-state index in [2.05, 4.69) is 5.32 Å². The number of hydrogen-bond acceptors (Lipinski definition) is 4. The number of aliphatic carboxylic acids is 1. The highest BCUT2D eigenvalue weighted by Gasteiger charge is 2.17. The Balaban J connectivity index is 2.78. The molecule has 0 saturated heterocycles. The minimum absolute atomic E-state index is 0.0127. The number of nitrogens with two attached hydrogens (primary N) is 1. The molecule has 0 aliphatic carbocycles. The highest BCUT2D eigenvalue weighted by atomic mass is 16.4. The first-order valence-corrected chi connectivity index (χ1v) is 5.94. The topological polar surface area (TPSA) is 130 Å². The smallest absolute Gasteiger partial charge is 0.336 e. The molecule has 108 valence electrons. The Bertz CT molecular complexity index is 542. The molecule has 0 spiro atoms. The summed E-state index contributed by atoms with van der Waals surface area (Å²) < 4.78 is 0. The number of carboxylic acid groups (broad SMARTS) is 2. The number of hydrogen-bond donors (Lipinski definition) is 4. The second kappa shape index (κ2) is 6.67. The van der Waals surface area contributed by atoms with Crippen LogP contribution in [0.1, 0.15) is 28.8 Å². The van der Waals surface area contributed by atoms with E-state index in [1.165, 1.54) is 12.1 Å². The number of aromatic carboxylic acids is 1. The van der Waals surface area contributed by atoms with Gasteiger partial charge in [0, 0.05) is 12.1 Å². The molecule has 1 aromatic rings. The van der Waals surface area contributed by atoms with Crippen molar-refractivity contribution in [3.05, 3.63) is 29.3 Å². The predicted molar refractivity (Wildman–Crippen MR) is 71.6 cm³/mol. The molecule has 0 aliphatic heterocycles. The van der Waals surface area contributed by atoms with Crippen molar-refractivity contribution in [3.63, 3.8) is 0 Å². The lowest BCUT2D eigenvalue weighted by Crippen LogP contribution is -2.36. The van der Waals surface area contributed by atoms with Crippen LogP contribution in [-0.4, -0.2) is 34.1 Å². The molecular formula is C13H16N2O5. The molecule has 7 nitrogen and oxygen atoms in total. The molecule has 7 heteroatoms. The van der Waals surface area contributed by atoms with Crippen molar-refractivity contribution in [1.29, 1.82) is 0 Å². The normalized spacial score (nSPS) is 11.7. The van der Waals surface area contributed by atoms with Gasteiger partial charge in [0.25, 0.3) is 0 Å². The van der Waals surface area contributed by atoms with Crippen LogP contribution in [0.4, 0.5) is 5.69 Å². The number of benzene rings is 1. The van der Waals surface area contributed by atoms with Gasteiger partial charge in [0.1, 0.15) is 0 Å². The Kier molecular flexibility index (Phi) is 5.22. The molecule has 1 amide bonds. The summed E-state index contributed by atoms with van der Waals surface area (Å²) in [5, 5.41) is 20.0. The quantitative estimate of drug-likeness (QED) is 0.610. The lowest BCUT2D eigenvalue weighted by molar-refractivity contribution is -0.137. The van der Waals surface area contributed by atoms with E-state index in [1.807, 2.05) is 0 Å². The van der Waals surface area contributed by atoms with E-state index in [0.717, 1.165) is 0 Å². The Morgan fingerprint density at radius 2 is 1.95 bits per heavy atom. The van der Waals surface area contributed by atoms with Gasteiger partial charge < -0.3 is 21.3 Å². The van der Waals surface area contributed by atoms with Gasteiger partial charge in [-0.1, -0.05) is 6.07 Å². The summed E-state index contributed by atoms with van der Waals surface area (Å²) in [6.45, 7) is 1.57. The molecular weight excluding hydrogens is 264 g/mol. The number of nitrogens with one attached hydrogen (secondary N) is 1. The van der Waals surface area contributed by atoms with E-state index < -0.39 is 23.9 Å². The first-order valence-electron chi connectivity index (χ1n) is 5.94. The Hall–Kier alpha value is -2.41. The van der Waals surface area contributed by atoms with Gasteiger partial charge in [0.2, 0.25) is 5.91 Å². The van der Waals surface area contributed by atoms with E-state index in [9.17, 15) is 14.4 Å². The third kappa shape index (κ3) is 4.06. The van der Waals surface area contributed by atoms with Crippen molar-refractivity contribution in [2.45, 2.75) is 25.8 Å². The number of carbonyl (C=O) groups is 3. The zero-order valence-electron chi connectivity index (χ0n) is 10.9. The van der Waals surface area contributed by atoms with Crippen LogP contribution in [0.5, 0.6) is 0 Å². The zero-order chi connectivity index (χ0) is 15.3. The average Bonchev–Trinajstić information content (AvgIpc) is 2.37. The maximum Gasteiger partial charge on any atom is 0.336 e. The molecule has 0 saturated carbocycles. The SMILES string of the molecule is Cc1c(NC(=O)[C@H](N)CCC(=O)O)cccc1C(=O)O. The summed E-state index contributed by atoms with van der Waals surface area (Å²) in [5.74, 6) is -2.66. The van der Waals surface area contributed by atoms with Crippen molar-refractivity contribution >= 4 is 23.5 Å². The summed E-state index contributed by atoms with van der Waals surface area (Å²) >= 11 is 0. The number of amides is 1. The fraction of sp³-hybridized carbons (Fsp3) is 0.308. The van der Waals surface area contributed by atoms with E-state index in [-0.39, 0.29) is 18.4 Å². The molecule has 0 aliphatic rings. The summed E-state index contributed by atoms with van der Waals surface area (Å²) in [5.41, 5.74) is 6.42. The molecule has 1 atom stereocenters. The van der Waals surface area contributed by atoms with Crippen molar-refractivity contribution in [1.82, 2.24) is 0 Å². The Morgan fingerprint density at radius 3 is 2.50 bits per heavy atom. The molecule has 1 aromatic carbocycles. The molecule has 0 radical (unpaired) electrons. The molecule has 0 fully saturated rings. The van der Waals surface area contributed by atoms with Crippen molar-refractivity contribution < 1.29 is 24.6 Å². The van der Waals surface area contributed by atoms with Crippen LogP contribution in [0.2, 0.25) is 0 Å². The van der Waals surface area contributed by atoms with Crippen molar-refractivity contribution in [2.24, 2.45) is 5.73 Å². The lowest BCUT2D eigenvalue weighted by Gasteiger charge is -2.14. The molecule has 20 heavy (non-hydrogen) atoms. The van der Waals surface area contributed by atoms with Gasteiger partial charge in [-0.2, -0.15) is 0 Å². The third-order valence-corrected chi connectivity index (χ3v) is 2.83. The molecule has 0 aromatic heterocycles. The van der Waals surface area contributed by atoms with Gasteiger partial charge in [-0.25, -0.2) is 4.79 Å². The van der Waals surface area contributed by atoms with Crippen LogP contribution in [-0.2, 0) is 9.59 Å². The van der Waals surface area contributed by atoms with Crippen LogP contribution in [0.15, 0.2) is 18.2 Å². The van der Waals surface area contributed by atoms with E-state index in [0.29, 0.717) is 11.3 Å². The second-order valence-corrected chi connectivity index (χ2v) is 4.31. The van der Waals surface area contributed by atoms with Crippen LogP contribution in [0.25, 0.3) is 0 Å². The van der Waals surface area contributed by atoms with Crippen LogP contribution in [0.3, 0.4) is 0 Å². The molecule has 0 unspecified atom stereocenters. The monoisotopic (exact) mass is 280 g/mol. The van der Waals surface area contributed by atoms with Gasteiger partial charge in [0.05, 0.1) is 11.6 Å². The summed E-state index contributed by atoms with van der Waals surface area (Å²) in [6, 6.07) is 3.54. The highest BCUT2D eigenvalue weighted by molar-refractivity contribution is 5.98. The van der Waals surface area contributed by atoms with Gasteiger partial charge in [0.15, 0.2) is 0 Å². The Labute approximate surface area is 115 Å². The highest BCUT2D eigenvalue weighted by Crippen LogP contribution is 2.19. The summed E-state index contributed by atoms with van der Waals surface area (Å²) in [7, 11) is 0. The standard InChI is InChI=1S/C13H16N2O5/c1-7-8(13(19)20)3-2-4-10(7)15-12(18)9(14)5-6-11(16)17/h2-4,9H,5-6,14H2,1H3,(H,15,18)(H,16,17)(H,19,20)/t9-/m1/s1. The van der Waals surface area contributed by atoms with Gasteiger partial charge in [-0.05, 0) is 31.0 Å². The first kappa shape index (κ1) is 15.6. The minimum atomic E-state index is -1.09. The first-order chi connectivity index (χ1) is 9.32. The predicted octanol–water partition coefficient (Wildman–Crippen LogP) is 0.824. The molecule has 0 bridgehead atoms. The lowest BCUT2D eigenvalue weighted by atomic mass is 10.1. The average molecular weight is 280 g/mol. The second-order valence-electron chi connectivity index (χ2n) is 4.31. The zero-order valence-corrected chi connectivity index (χ0v) is 10.9. The molecule has 1 rings (SSSR count). The fourth-order valence-electron chi connectivity index (χ4n) is 1.64. The van der Waals surface area contributed by atoms with E-state index in [4.69, 9.17) is 15.9 Å². The van der Waals surface area contributed by atoms with Crippen LogP contribution in [0, 0.1) is 6.92 Å². The van der Waals surface area contributed by atoms with E-state index >= 15 is 0 Å². The maximum atomic E-state index is 11.8. The minimum Gasteiger partial charge on any atom is -0.481 e. The van der Waals surface area contributed by atoms with Crippen molar-refractivity contribution in [3.8, 4) is 0 Å². The summed E-state index contributed by atoms with van der Waals surface area (Å²) in [6.07, 6.45) is -0.193. The van der Waals surface area contributed by atoms with Gasteiger partial charge >= 0.3 is 11.9 Å². The number of rotatable bonds is 6. The maximum absolute atomic E-state index is 11.8. The number of anilines is 1. The van der Waals surface area contributed by atoms with Crippen molar-refractivity contribution in [2.75, 3.05) is 5.32 Å². The molecule has 0 heterocycles. The molecule has 5 N–H and O–H groups in total. The summed E-state index contributed by atoms with van der Waals surface area (Å²) in [4.78, 5) is 33.2. The number of carbonyl (C=O) groups excluding carboxylic acids is 1.